The zero-order valence-corrected chi connectivity index (χ0v) is 12.3. The van der Waals surface area contributed by atoms with Crippen LogP contribution in [0.5, 0.6) is 0 Å². The van der Waals surface area contributed by atoms with Crippen LogP contribution < -0.4 is 5.53 Å². The first-order valence-electron chi connectivity index (χ1n) is 7.06. The lowest BCUT2D eigenvalue weighted by molar-refractivity contribution is -0.820. The van der Waals surface area contributed by atoms with Crippen LogP contribution in [0.4, 0.5) is 17.6 Å². The summed E-state index contributed by atoms with van der Waals surface area (Å²) in [6.45, 7) is -0.522. The third-order valence-corrected chi connectivity index (χ3v) is 3.82. The molecule has 0 saturated carbocycles. The van der Waals surface area contributed by atoms with Crippen LogP contribution >= 0.6 is 0 Å². The third-order valence-electron chi connectivity index (χ3n) is 3.82. The summed E-state index contributed by atoms with van der Waals surface area (Å²) < 4.78 is 57.4. The predicted molar refractivity (Wildman–Crippen MR) is 75.2 cm³/mol. The molecule has 1 aliphatic rings. The zero-order chi connectivity index (χ0) is 17.4. The Morgan fingerprint density at radius 1 is 1.25 bits per heavy atom. The van der Waals surface area contributed by atoms with Crippen molar-refractivity contribution in [3.63, 3.8) is 0 Å². The van der Waals surface area contributed by atoms with Crippen molar-refractivity contribution < 1.29 is 28.2 Å². The first-order chi connectivity index (χ1) is 11.3. The van der Waals surface area contributed by atoms with Crippen molar-refractivity contribution >= 4 is 0 Å². The molecule has 0 amide bonds. The van der Waals surface area contributed by atoms with E-state index in [1.54, 1.807) is 0 Å². The van der Waals surface area contributed by atoms with Crippen LogP contribution in [0, 0.1) is 11.6 Å². The highest BCUT2D eigenvalue weighted by Gasteiger charge is 2.58. The minimum Gasteiger partial charge on any atom is -0.417 e. The van der Waals surface area contributed by atoms with Gasteiger partial charge in [0.25, 0.3) is 0 Å². The minimum atomic E-state index is -3.92. The van der Waals surface area contributed by atoms with Gasteiger partial charge in [-0.2, -0.15) is 13.8 Å². The minimum absolute atomic E-state index is 0.101. The molecule has 9 heteroatoms. The van der Waals surface area contributed by atoms with Gasteiger partial charge in [0.1, 0.15) is 17.3 Å². The zero-order valence-electron chi connectivity index (χ0n) is 12.3. The lowest BCUT2D eigenvalue weighted by Crippen LogP contribution is -2.99. The van der Waals surface area contributed by atoms with Gasteiger partial charge < -0.3 is 16.1 Å². The summed E-state index contributed by atoms with van der Waals surface area (Å²) in [7, 11) is 0. The molecule has 2 aromatic rings. The van der Waals surface area contributed by atoms with Gasteiger partial charge in [-0.1, -0.05) is 12.1 Å². The van der Waals surface area contributed by atoms with Crippen molar-refractivity contribution in [2.24, 2.45) is 0 Å². The Hall–Kier alpha value is -2.07. The molecule has 1 aliphatic heterocycles. The first-order valence-corrected chi connectivity index (χ1v) is 7.06. The molecule has 2 heterocycles. The lowest BCUT2D eigenvalue weighted by atomic mass is 9.84. The molecule has 1 unspecified atom stereocenters. The number of nitrogens with zero attached hydrogens (tertiary/aromatic N) is 3. The molecule has 0 bridgehead atoms. The normalized spacial score (nSPS) is 18.0. The van der Waals surface area contributed by atoms with Crippen LogP contribution in [0.3, 0.4) is 0 Å². The fourth-order valence-electron chi connectivity index (χ4n) is 2.52. The molecule has 0 spiro atoms. The molecule has 1 aromatic heterocycles. The molecule has 1 atom stereocenters. The summed E-state index contributed by atoms with van der Waals surface area (Å²) in [4.78, 5) is 3.58. The molecule has 5 nitrogen and oxygen atoms in total. The van der Waals surface area contributed by atoms with Gasteiger partial charge in [-0.15, -0.1) is 0 Å². The van der Waals surface area contributed by atoms with Crippen LogP contribution in [0.2, 0.25) is 0 Å². The fraction of sp³-hybridized carbons (Fsp3) is 0.267. The number of pyridine rings is 1. The average molecular weight is 342 g/mol. The van der Waals surface area contributed by atoms with E-state index >= 15 is 8.78 Å². The quantitative estimate of drug-likeness (QED) is 0.637. The van der Waals surface area contributed by atoms with Gasteiger partial charge in [0.2, 0.25) is 0 Å². The van der Waals surface area contributed by atoms with E-state index in [1.165, 1.54) is 22.7 Å². The smallest absolute Gasteiger partial charge is 0.323 e. The summed E-state index contributed by atoms with van der Waals surface area (Å²) in [6.07, 6.45) is 1.15. The number of rotatable bonds is 5. The van der Waals surface area contributed by atoms with E-state index in [2.05, 4.69) is 10.4 Å². The maximum Gasteiger partial charge on any atom is 0.323 e. The van der Waals surface area contributed by atoms with Crippen molar-refractivity contribution in [2.75, 3.05) is 13.2 Å². The molecular weight excluding hydrogens is 328 g/mol. The number of β-amino-alcohol motifs (C(OH)–C–C–N with tert-alkyl or cyclic N) is 1. The van der Waals surface area contributed by atoms with E-state index in [1.807, 2.05) is 0 Å². The van der Waals surface area contributed by atoms with Gasteiger partial charge in [-0.3, -0.25) is 4.98 Å². The molecule has 3 rings (SSSR count). The maximum atomic E-state index is 15.0. The molecule has 0 radical (unpaired) electrons. The van der Waals surface area contributed by atoms with Gasteiger partial charge in [0, 0.05) is 17.8 Å². The topological polar surface area (TPSA) is 67.1 Å². The average Bonchev–Trinajstić information content (AvgIpc) is 2.51. The summed E-state index contributed by atoms with van der Waals surface area (Å²) >= 11 is 0. The van der Waals surface area contributed by atoms with E-state index in [0.29, 0.717) is 6.07 Å². The number of nitrogens with two attached hydrogens (primary N) is 1. The molecule has 1 saturated heterocycles. The van der Waals surface area contributed by atoms with Gasteiger partial charge >= 0.3 is 5.92 Å². The summed E-state index contributed by atoms with van der Waals surface area (Å²) in [6, 6.07) is 5.91. The van der Waals surface area contributed by atoms with Crippen molar-refractivity contribution in [1.29, 1.82) is 0 Å². The van der Waals surface area contributed by atoms with E-state index in [4.69, 9.17) is 0 Å². The molecule has 24 heavy (non-hydrogen) atoms. The number of aliphatic hydroxyl groups is 1. The Bertz CT molecular complexity index is 727. The number of aromatic nitrogens is 1. The van der Waals surface area contributed by atoms with Crippen LogP contribution in [-0.4, -0.2) is 28.3 Å². The summed E-state index contributed by atoms with van der Waals surface area (Å²) in [5.74, 6) is -6.10. The van der Waals surface area contributed by atoms with Crippen LogP contribution in [-0.2, 0) is 11.5 Å². The molecule has 128 valence electrons. The molecule has 0 aliphatic carbocycles. The Morgan fingerprint density at radius 3 is 2.54 bits per heavy atom. The van der Waals surface area contributed by atoms with Crippen LogP contribution in [0.1, 0.15) is 11.3 Å². The Balaban J connectivity index is 2.11. The van der Waals surface area contributed by atoms with E-state index in [-0.39, 0.29) is 6.67 Å². The Kier molecular flexibility index (Phi) is 4.26. The molecule has 1 fully saturated rings. The number of hydrogen-bond donors (Lipinski definition) is 2. The van der Waals surface area contributed by atoms with Gasteiger partial charge in [-0.25, -0.2) is 8.78 Å². The number of quaternary nitrogens is 1. The molecular formula is C15H14F4N4O. The largest absolute Gasteiger partial charge is 0.417 e. The molecule has 3 N–H and O–H groups in total. The van der Waals surface area contributed by atoms with Crippen LogP contribution in [0.15, 0.2) is 42.6 Å². The highest BCUT2D eigenvalue weighted by Crippen LogP contribution is 2.46. The Labute approximate surface area is 134 Å². The maximum absolute atomic E-state index is 15.0. The summed E-state index contributed by atoms with van der Waals surface area (Å²) in [5.41, 5.74) is 0.632. The van der Waals surface area contributed by atoms with Crippen molar-refractivity contribution in [3.8, 4) is 0 Å². The standard InChI is InChI=1S/C15H14F4N4O/c16-10-4-5-11(12(17)7-10)14(24,8-23-9-21-22-23)15(18,19)13-3-1-2-6-20-13/h1-7,24H,8-9,22H2. The number of benzene rings is 1. The summed E-state index contributed by atoms with van der Waals surface area (Å²) in [5, 5.41) is 12.1. The monoisotopic (exact) mass is 342 g/mol. The predicted octanol–water partition coefficient (Wildman–Crippen LogP) is 1.38. The SMILES string of the molecule is OC(CN1C[N-][NH2+]1)(c1ccc(F)cc1F)C(F)(F)c1ccccn1. The number of alkyl halides is 2. The second-order valence-electron chi connectivity index (χ2n) is 5.46. The Morgan fingerprint density at radius 2 is 2.00 bits per heavy atom. The lowest BCUT2D eigenvalue weighted by Gasteiger charge is -2.45. The van der Waals surface area contributed by atoms with E-state index < -0.39 is 41.0 Å². The third kappa shape index (κ3) is 2.75. The van der Waals surface area contributed by atoms with Gasteiger partial charge in [-0.05, 0) is 24.9 Å². The highest BCUT2D eigenvalue weighted by molar-refractivity contribution is 5.31. The van der Waals surface area contributed by atoms with Crippen molar-refractivity contribution in [1.82, 2.24) is 9.99 Å². The fourth-order valence-corrected chi connectivity index (χ4v) is 2.52. The highest BCUT2D eigenvalue weighted by atomic mass is 19.3. The van der Waals surface area contributed by atoms with E-state index in [0.717, 1.165) is 24.4 Å². The van der Waals surface area contributed by atoms with Gasteiger partial charge in [0.15, 0.2) is 5.60 Å². The second kappa shape index (κ2) is 6.10. The van der Waals surface area contributed by atoms with E-state index in [9.17, 15) is 13.9 Å². The first kappa shape index (κ1) is 16.8. The second-order valence-corrected chi connectivity index (χ2v) is 5.46. The van der Waals surface area contributed by atoms with Gasteiger partial charge in [0.05, 0.1) is 6.54 Å². The number of halogens is 4. The van der Waals surface area contributed by atoms with Crippen molar-refractivity contribution in [2.45, 2.75) is 11.5 Å². The molecule has 1 aromatic carbocycles. The van der Waals surface area contributed by atoms with Crippen LogP contribution in [0.25, 0.3) is 5.43 Å². The van der Waals surface area contributed by atoms with Crippen molar-refractivity contribution in [3.05, 3.63) is 70.9 Å². The number of hydrogen-bond acceptors (Lipinski definition) is 3.